The fraction of sp³-hybridized carbons (Fsp3) is 0.929. The zero-order valence-corrected chi connectivity index (χ0v) is 15.4. The molecule has 0 aliphatic carbocycles. The van der Waals surface area contributed by atoms with Crippen molar-refractivity contribution in [3.8, 4) is 0 Å². The third-order valence-electron chi connectivity index (χ3n) is 4.74. The van der Waals surface area contributed by atoms with Gasteiger partial charge >= 0.3 is 5.97 Å². The Labute approximate surface area is 149 Å². The first kappa shape index (κ1) is 22.4. The lowest BCUT2D eigenvalue weighted by atomic mass is 9.92. The van der Waals surface area contributed by atoms with Gasteiger partial charge in [-0.3, -0.25) is 24.7 Å². The van der Waals surface area contributed by atoms with Gasteiger partial charge < -0.3 is 4.74 Å². The van der Waals surface area contributed by atoms with Gasteiger partial charge in [0.05, 0.1) is 26.6 Å². The quantitative estimate of drug-likeness (QED) is 0.424. The van der Waals surface area contributed by atoms with Crippen molar-refractivity contribution in [3.05, 3.63) is 10.1 Å². The Balaban J connectivity index is 0.00000242. The molecule has 0 aromatic carbocycles. The van der Waals surface area contributed by atoms with E-state index in [0.717, 1.165) is 25.9 Å². The summed E-state index contributed by atoms with van der Waals surface area (Å²) in [7, 11) is 3.26. The van der Waals surface area contributed by atoms with E-state index in [-0.39, 0.29) is 48.5 Å². The lowest BCUT2D eigenvalue weighted by molar-refractivity contribution is -0.571. The molecule has 2 aliphatic rings. The summed E-state index contributed by atoms with van der Waals surface area (Å²) in [5.74, 6) is -0.377. The molecule has 2 rings (SSSR count). The van der Waals surface area contributed by atoms with Crippen LogP contribution < -0.4 is 0 Å². The molecule has 0 spiro atoms. The number of nitrogens with zero attached hydrogens (tertiary/aromatic N) is 3. The standard InChI is InChI=1S/C14H25N3O4.2ClH/c1-15-9-12-5-3-4-8-16(12)11-14(10-15,17(19)20)7-6-13(18)21-2;;/h12H,3-11H2,1-2H3;2*1H. The van der Waals surface area contributed by atoms with Crippen LogP contribution in [0.15, 0.2) is 0 Å². The second-order valence-corrected chi connectivity index (χ2v) is 6.37. The molecule has 0 amide bonds. The Morgan fingerprint density at radius 1 is 1.35 bits per heavy atom. The third-order valence-corrected chi connectivity index (χ3v) is 4.74. The number of fused-ring (bicyclic) bond motifs is 1. The van der Waals surface area contributed by atoms with E-state index in [0.29, 0.717) is 19.1 Å². The number of rotatable bonds is 4. The molecule has 2 fully saturated rings. The number of halogens is 2. The predicted octanol–water partition coefficient (Wildman–Crippen LogP) is 1.60. The number of ether oxygens (including phenoxy) is 1. The lowest BCUT2D eigenvalue weighted by Gasteiger charge is -2.36. The molecule has 0 N–H and O–H groups in total. The van der Waals surface area contributed by atoms with Crippen LogP contribution >= 0.6 is 24.8 Å². The average Bonchev–Trinajstić information content (AvgIpc) is 2.60. The van der Waals surface area contributed by atoms with Crippen molar-refractivity contribution in [2.75, 3.05) is 40.3 Å². The Kier molecular flexibility index (Phi) is 9.35. The molecule has 7 nitrogen and oxygen atoms in total. The lowest BCUT2D eigenvalue weighted by Crippen LogP contribution is -2.54. The molecule has 2 saturated heterocycles. The number of esters is 1. The number of carbonyl (C=O) groups is 1. The molecule has 0 saturated carbocycles. The smallest absolute Gasteiger partial charge is 0.305 e. The molecule has 0 bridgehead atoms. The summed E-state index contributed by atoms with van der Waals surface area (Å²) in [5, 5.41) is 11.8. The molecule has 136 valence electrons. The highest BCUT2D eigenvalue weighted by Crippen LogP contribution is 2.29. The summed E-state index contributed by atoms with van der Waals surface area (Å²) < 4.78 is 4.64. The van der Waals surface area contributed by atoms with E-state index in [4.69, 9.17) is 0 Å². The zero-order chi connectivity index (χ0) is 15.5. The van der Waals surface area contributed by atoms with Crippen molar-refractivity contribution in [1.29, 1.82) is 0 Å². The Morgan fingerprint density at radius 2 is 2.04 bits per heavy atom. The van der Waals surface area contributed by atoms with E-state index >= 15 is 0 Å². The molecule has 0 radical (unpaired) electrons. The van der Waals surface area contributed by atoms with E-state index in [1.165, 1.54) is 13.5 Å². The third kappa shape index (κ3) is 5.45. The van der Waals surface area contributed by atoms with Crippen LogP contribution in [-0.2, 0) is 9.53 Å². The first-order chi connectivity index (χ1) is 9.97. The maximum atomic E-state index is 11.8. The van der Waals surface area contributed by atoms with E-state index in [1.807, 2.05) is 7.05 Å². The van der Waals surface area contributed by atoms with Gasteiger partial charge in [0.15, 0.2) is 0 Å². The summed E-state index contributed by atoms with van der Waals surface area (Å²) in [6.45, 7) is 2.62. The molecular formula is C14H27Cl2N3O4. The average molecular weight is 372 g/mol. The van der Waals surface area contributed by atoms with Gasteiger partial charge in [-0.1, -0.05) is 6.42 Å². The molecule has 2 atom stereocenters. The second kappa shape index (κ2) is 9.61. The van der Waals surface area contributed by atoms with Gasteiger partial charge in [0.2, 0.25) is 5.54 Å². The van der Waals surface area contributed by atoms with E-state index in [2.05, 4.69) is 14.5 Å². The van der Waals surface area contributed by atoms with Crippen LogP contribution in [0.1, 0.15) is 32.1 Å². The molecule has 0 aromatic rings. The number of likely N-dealkylation sites (N-methyl/N-ethyl adjacent to an activating group) is 1. The fourth-order valence-electron chi connectivity index (χ4n) is 3.63. The first-order valence-corrected chi connectivity index (χ1v) is 7.61. The number of hydrogen-bond donors (Lipinski definition) is 0. The van der Waals surface area contributed by atoms with Gasteiger partial charge in [-0.05, 0) is 26.4 Å². The number of nitro groups is 1. The number of piperidine rings is 1. The van der Waals surface area contributed by atoms with Crippen LogP contribution in [0.25, 0.3) is 0 Å². The Bertz CT molecular complexity index is 413. The minimum absolute atomic E-state index is 0. The van der Waals surface area contributed by atoms with Crippen LogP contribution in [0, 0.1) is 10.1 Å². The first-order valence-electron chi connectivity index (χ1n) is 7.61. The summed E-state index contributed by atoms with van der Waals surface area (Å²) in [4.78, 5) is 27.3. The van der Waals surface area contributed by atoms with Gasteiger partial charge in [-0.15, -0.1) is 24.8 Å². The second-order valence-electron chi connectivity index (χ2n) is 6.37. The molecule has 23 heavy (non-hydrogen) atoms. The van der Waals surface area contributed by atoms with Crippen molar-refractivity contribution in [1.82, 2.24) is 9.80 Å². The van der Waals surface area contributed by atoms with Crippen molar-refractivity contribution >= 4 is 30.8 Å². The molecule has 0 aromatic heterocycles. The highest BCUT2D eigenvalue weighted by atomic mass is 35.5. The van der Waals surface area contributed by atoms with Crippen LogP contribution in [0.2, 0.25) is 0 Å². The monoisotopic (exact) mass is 371 g/mol. The van der Waals surface area contributed by atoms with Crippen molar-refractivity contribution in [2.24, 2.45) is 0 Å². The normalized spacial score (nSPS) is 28.5. The maximum absolute atomic E-state index is 11.8. The van der Waals surface area contributed by atoms with E-state index < -0.39 is 5.54 Å². The van der Waals surface area contributed by atoms with Gasteiger partial charge in [0.25, 0.3) is 0 Å². The summed E-state index contributed by atoms with van der Waals surface area (Å²) in [5.41, 5.74) is -1.07. The van der Waals surface area contributed by atoms with Crippen LogP contribution in [0.5, 0.6) is 0 Å². The number of carbonyl (C=O) groups excluding carboxylic acids is 1. The van der Waals surface area contributed by atoms with Crippen molar-refractivity contribution in [2.45, 2.75) is 43.7 Å². The highest BCUT2D eigenvalue weighted by molar-refractivity contribution is 5.85. The van der Waals surface area contributed by atoms with E-state index in [9.17, 15) is 14.9 Å². The Morgan fingerprint density at radius 3 is 2.65 bits per heavy atom. The van der Waals surface area contributed by atoms with Crippen LogP contribution in [0.4, 0.5) is 0 Å². The summed E-state index contributed by atoms with van der Waals surface area (Å²) >= 11 is 0. The predicted molar refractivity (Wildman–Crippen MR) is 92.2 cm³/mol. The molecule has 2 heterocycles. The molecule has 2 aliphatic heterocycles. The fourth-order valence-corrected chi connectivity index (χ4v) is 3.63. The van der Waals surface area contributed by atoms with Gasteiger partial charge in [-0.2, -0.15) is 0 Å². The summed E-state index contributed by atoms with van der Waals surface area (Å²) in [6, 6.07) is 0.406. The van der Waals surface area contributed by atoms with Crippen molar-refractivity contribution < 1.29 is 14.5 Å². The minimum Gasteiger partial charge on any atom is -0.469 e. The number of hydrogen-bond acceptors (Lipinski definition) is 6. The van der Waals surface area contributed by atoms with Crippen LogP contribution in [0.3, 0.4) is 0 Å². The van der Waals surface area contributed by atoms with Gasteiger partial charge in [-0.25, -0.2) is 0 Å². The van der Waals surface area contributed by atoms with Gasteiger partial charge in [0, 0.05) is 23.9 Å². The topological polar surface area (TPSA) is 75.9 Å². The highest BCUT2D eigenvalue weighted by Gasteiger charge is 2.49. The SMILES string of the molecule is COC(=O)CCC1([N+](=O)[O-])CN(C)CC2CCCCN2C1.Cl.Cl. The van der Waals surface area contributed by atoms with E-state index in [1.54, 1.807) is 0 Å². The maximum Gasteiger partial charge on any atom is 0.305 e. The Hall–Kier alpha value is -0.630. The van der Waals surface area contributed by atoms with Crippen molar-refractivity contribution in [3.63, 3.8) is 0 Å². The zero-order valence-electron chi connectivity index (χ0n) is 13.7. The summed E-state index contributed by atoms with van der Waals surface area (Å²) in [6.07, 6.45) is 3.74. The molecular weight excluding hydrogens is 345 g/mol. The largest absolute Gasteiger partial charge is 0.469 e. The minimum atomic E-state index is -1.07. The molecule has 2 unspecified atom stereocenters. The number of methoxy groups -OCH3 is 1. The molecule has 9 heteroatoms. The van der Waals surface area contributed by atoms with Gasteiger partial charge in [0.1, 0.15) is 0 Å². The van der Waals surface area contributed by atoms with Crippen LogP contribution in [-0.4, -0.2) is 72.6 Å².